The fourth-order valence-electron chi connectivity index (χ4n) is 2.26. The number of thioether (sulfide) groups is 1. The first kappa shape index (κ1) is 16.1. The van der Waals surface area contributed by atoms with Crippen LogP contribution in [0.3, 0.4) is 0 Å². The minimum atomic E-state index is -0.109. The van der Waals surface area contributed by atoms with Crippen molar-refractivity contribution in [1.29, 1.82) is 0 Å². The van der Waals surface area contributed by atoms with E-state index >= 15 is 0 Å². The Hall–Kier alpha value is -1.30. The Kier molecular flexibility index (Phi) is 5.85. The number of rotatable bonds is 6. The van der Waals surface area contributed by atoms with Crippen molar-refractivity contribution in [2.75, 3.05) is 24.2 Å². The second-order valence-corrected chi connectivity index (χ2v) is 6.93. The van der Waals surface area contributed by atoms with Crippen LogP contribution in [-0.4, -0.2) is 40.0 Å². The molecule has 1 unspecified atom stereocenters. The molecule has 1 aliphatic rings. The lowest BCUT2D eigenvalue weighted by Gasteiger charge is -2.14. The van der Waals surface area contributed by atoms with Crippen molar-refractivity contribution in [1.82, 2.24) is 15.3 Å². The fourth-order valence-corrected chi connectivity index (χ4v) is 3.46. The van der Waals surface area contributed by atoms with Gasteiger partial charge in [0.15, 0.2) is 5.69 Å². The highest BCUT2D eigenvalue weighted by molar-refractivity contribution is 8.00. The lowest BCUT2D eigenvalue weighted by Crippen LogP contribution is -2.31. The summed E-state index contributed by atoms with van der Waals surface area (Å²) in [6.45, 7) is 7.50. The maximum atomic E-state index is 12.4. The van der Waals surface area contributed by atoms with Crippen LogP contribution in [0.1, 0.15) is 55.8 Å². The summed E-state index contributed by atoms with van der Waals surface area (Å²) in [5, 5.41) is 6.72. The summed E-state index contributed by atoms with van der Waals surface area (Å²) in [6, 6.07) is 0. The van der Waals surface area contributed by atoms with Gasteiger partial charge in [-0.25, -0.2) is 9.97 Å². The maximum Gasteiger partial charge on any atom is 0.272 e. The number of hydrogen-bond acceptors (Lipinski definition) is 5. The number of nitrogens with one attached hydrogen (secondary N) is 2. The van der Waals surface area contributed by atoms with Crippen LogP contribution in [0.15, 0.2) is 6.20 Å². The minimum Gasteiger partial charge on any atom is -0.382 e. The second kappa shape index (κ2) is 7.64. The van der Waals surface area contributed by atoms with Crippen molar-refractivity contribution in [3.63, 3.8) is 0 Å². The molecule has 1 aromatic rings. The van der Waals surface area contributed by atoms with Crippen LogP contribution < -0.4 is 10.6 Å². The molecule has 2 N–H and O–H groups in total. The number of carbonyl (C=O) groups is 1. The molecule has 0 spiro atoms. The predicted octanol–water partition coefficient (Wildman–Crippen LogP) is 2.66. The minimum absolute atomic E-state index is 0.109. The van der Waals surface area contributed by atoms with Gasteiger partial charge in [-0.3, -0.25) is 4.79 Å². The highest BCUT2D eigenvalue weighted by Crippen LogP contribution is 2.25. The monoisotopic (exact) mass is 308 g/mol. The van der Waals surface area contributed by atoms with Crippen LogP contribution in [0.25, 0.3) is 0 Å². The Labute approximate surface area is 130 Å². The van der Waals surface area contributed by atoms with E-state index in [1.807, 2.05) is 32.5 Å². The lowest BCUT2D eigenvalue weighted by atomic mass is 10.2. The Morgan fingerprint density at radius 1 is 1.52 bits per heavy atom. The van der Waals surface area contributed by atoms with E-state index in [9.17, 15) is 4.79 Å². The van der Waals surface area contributed by atoms with E-state index in [0.29, 0.717) is 22.5 Å². The third kappa shape index (κ3) is 4.33. The Morgan fingerprint density at radius 2 is 2.33 bits per heavy atom. The maximum absolute atomic E-state index is 12.4. The zero-order valence-corrected chi connectivity index (χ0v) is 13.8. The molecule has 1 aliphatic heterocycles. The molecule has 5 nitrogen and oxygen atoms in total. The Balaban J connectivity index is 2.10. The van der Waals surface area contributed by atoms with E-state index in [-0.39, 0.29) is 11.8 Å². The Bertz CT molecular complexity index is 487. The number of aromatic nitrogens is 2. The van der Waals surface area contributed by atoms with Gasteiger partial charge in [-0.2, -0.15) is 11.8 Å². The molecule has 0 bridgehead atoms. The summed E-state index contributed by atoms with van der Waals surface area (Å²) in [5.74, 6) is 2.01. The molecule has 116 valence electrons. The van der Waals surface area contributed by atoms with E-state index in [4.69, 9.17) is 0 Å². The molecular formula is C15H24N4OS. The van der Waals surface area contributed by atoms with Gasteiger partial charge in [-0.15, -0.1) is 0 Å². The first-order valence-corrected chi connectivity index (χ1v) is 8.67. The van der Waals surface area contributed by atoms with Crippen LogP contribution >= 0.6 is 11.8 Å². The molecule has 1 saturated heterocycles. The molecule has 2 rings (SSSR count). The van der Waals surface area contributed by atoms with Gasteiger partial charge in [-0.05, 0) is 25.5 Å². The average molecular weight is 308 g/mol. The van der Waals surface area contributed by atoms with E-state index in [1.165, 1.54) is 18.6 Å². The smallest absolute Gasteiger partial charge is 0.272 e. The lowest BCUT2D eigenvalue weighted by molar-refractivity contribution is 0.0949. The highest BCUT2D eigenvalue weighted by Gasteiger charge is 2.20. The first-order valence-electron chi connectivity index (χ1n) is 7.62. The largest absolute Gasteiger partial charge is 0.382 e. The van der Waals surface area contributed by atoms with Crippen molar-refractivity contribution in [3.05, 3.63) is 17.7 Å². The molecule has 1 atom stereocenters. The van der Waals surface area contributed by atoms with Crippen LogP contribution in [-0.2, 0) is 0 Å². The molecule has 0 radical (unpaired) electrons. The van der Waals surface area contributed by atoms with Crippen LogP contribution in [0.5, 0.6) is 0 Å². The zero-order valence-electron chi connectivity index (χ0n) is 13.0. The number of anilines is 1. The number of amides is 1. The summed E-state index contributed by atoms with van der Waals surface area (Å²) < 4.78 is 0. The average Bonchev–Trinajstić information content (AvgIpc) is 2.98. The summed E-state index contributed by atoms with van der Waals surface area (Å²) in [6.07, 6.45) is 4.15. The van der Waals surface area contributed by atoms with Crippen molar-refractivity contribution in [3.8, 4) is 0 Å². The standard InChI is InChI=1S/C15H24N4OS/c1-4-16-12-9-17-14(10(2)3)19-13(12)15(20)18-8-11-6-5-7-21-11/h9-11,16H,4-8H2,1-3H3,(H,18,20). The molecule has 0 saturated carbocycles. The van der Waals surface area contributed by atoms with E-state index in [2.05, 4.69) is 20.6 Å². The molecule has 1 amide bonds. The predicted molar refractivity (Wildman–Crippen MR) is 88.1 cm³/mol. The molecule has 6 heteroatoms. The zero-order chi connectivity index (χ0) is 15.2. The van der Waals surface area contributed by atoms with Crippen LogP contribution in [0, 0.1) is 0 Å². The van der Waals surface area contributed by atoms with Gasteiger partial charge in [0.2, 0.25) is 0 Å². The summed E-state index contributed by atoms with van der Waals surface area (Å²) in [4.78, 5) is 21.2. The quantitative estimate of drug-likeness (QED) is 0.845. The number of hydrogen-bond donors (Lipinski definition) is 2. The molecule has 0 aliphatic carbocycles. The van der Waals surface area contributed by atoms with Crippen LogP contribution in [0.4, 0.5) is 5.69 Å². The molecule has 1 fully saturated rings. The summed E-state index contributed by atoms with van der Waals surface area (Å²) in [5.41, 5.74) is 1.16. The third-order valence-corrected chi connectivity index (χ3v) is 4.82. The van der Waals surface area contributed by atoms with Gasteiger partial charge in [0.1, 0.15) is 5.82 Å². The normalized spacial score (nSPS) is 18.0. The fraction of sp³-hybridized carbons (Fsp3) is 0.667. The second-order valence-electron chi connectivity index (χ2n) is 5.52. The molecular weight excluding hydrogens is 284 g/mol. The van der Waals surface area contributed by atoms with Crippen molar-refractivity contribution >= 4 is 23.4 Å². The van der Waals surface area contributed by atoms with E-state index in [1.54, 1.807) is 6.20 Å². The molecule has 1 aromatic heterocycles. The van der Waals surface area contributed by atoms with Gasteiger partial charge in [0.25, 0.3) is 5.91 Å². The topological polar surface area (TPSA) is 66.9 Å². The van der Waals surface area contributed by atoms with Gasteiger partial charge < -0.3 is 10.6 Å². The molecule has 21 heavy (non-hydrogen) atoms. The van der Waals surface area contributed by atoms with Gasteiger partial charge in [0, 0.05) is 24.3 Å². The van der Waals surface area contributed by atoms with Crippen molar-refractivity contribution in [2.24, 2.45) is 0 Å². The molecule has 2 heterocycles. The number of carbonyl (C=O) groups excluding carboxylic acids is 1. The van der Waals surface area contributed by atoms with Gasteiger partial charge in [0.05, 0.1) is 11.9 Å². The number of nitrogens with zero attached hydrogens (tertiary/aromatic N) is 2. The molecule has 0 aromatic carbocycles. The highest BCUT2D eigenvalue weighted by atomic mass is 32.2. The van der Waals surface area contributed by atoms with E-state index < -0.39 is 0 Å². The van der Waals surface area contributed by atoms with Crippen molar-refractivity contribution < 1.29 is 4.79 Å². The summed E-state index contributed by atoms with van der Waals surface area (Å²) >= 11 is 1.94. The summed E-state index contributed by atoms with van der Waals surface area (Å²) in [7, 11) is 0. The Morgan fingerprint density at radius 3 is 2.95 bits per heavy atom. The third-order valence-electron chi connectivity index (χ3n) is 3.42. The van der Waals surface area contributed by atoms with Gasteiger partial charge in [-0.1, -0.05) is 13.8 Å². The van der Waals surface area contributed by atoms with Gasteiger partial charge >= 0.3 is 0 Å². The van der Waals surface area contributed by atoms with E-state index in [0.717, 1.165) is 13.1 Å². The SMILES string of the molecule is CCNc1cnc(C(C)C)nc1C(=O)NCC1CCCS1. The van der Waals surface area contributed by atoms with Crippen molar-refractivity contribution in [2.45, 2.75) is 44.8 Å². The first-order chi connectivity index (χ1) is 10.1. The van der Waals surface area contributed by atoms with Crippen LogP contribution in [0.2, 0.25) is 0 Å².